The number of hydrogen-bond donors (Lipinski definition) is 1. The number of aromatic nitrogens is 1. The molecule has 0 radical (unpaired) electrons. The Bertz CT molecular complexity index is 588. The van der Waals surface area contributed by atoms with Gasteiger partial charge in [-0.1, -0.05) is 29.3 Å². The second-order valence-electron chi connectivity index (χ2n) is 4.68. The molecule has 0 bridgehead atoms. The Morgan fingerprint density at radius 1 is 1.16 bits per heavy atom. The molecule has 0 atom stereocenters. The molecule has 2 rings (SSSR count). The Hall–Kier alpha value is -1.74. The molecule has 3 nitrogen and oxygen atoms in total. The van der Waals surface area contributed by atoms with E-state index in [1.54, 1.807) is 12.1 Å². The Morgan fingerprint density at radius 3 is 2.42 bits per heavy atom. The standard InChI is InChI=1S/C15H17ClN2O/c1-9-6-10(2)15(11(3)7-9)19-8-13-12(16)4-5-14(17)18-13/h4-7H,8H2,1-3H3,(H2,17,18). The van der Waals surface area contributed by atoms with Crippen LogP contribution in [-0.2, 0) is 6.61 Å². The molecule has 0 aliphatic rings. The molecule has 19 heavy (non-hydrogen) atoms. The van der Waals surface area contributed by atoms with Crippen LogP contribution in [0.3, 0.4) is 0 Å². The van der Waals surface area contributed by atoms with Crippen LogP contribution in [0.1, 0.15) is 22.4 Å². The van der Waals surface area contributed by atoms with Crippen molar-refractivity contribution in [2.24, 2.45) is 0 Å². The molecule has 0 aliphatic carbocycles. The van der Waals surface area contributed by atoms with Gasteiger partial charge in [-0.15, -0.1) is 0 Å². The van der Waals surface area contributed by atoms with E-state index in [0.29, 0.717) is 23.1 Å². The van der Waals surface area contributed by atoms with Gasteiger partial charge in [0, 0.05) is 0 Å². The molecule has 0 saturated carbocycles. The third-order valence-electron chi connectivity index (χ3n) is 2.90. The fraction of sp³-hybridized carbons (Fsp3) is 0.267. The van der Waals surface area contributed by atoms with Gasteiger partial charge in [-0.05, 0) is 44.0 Å². The van der Waals surface area contributed by atoms with Crippen molar-refractivity contribution in [1.29, 1.82) is 0 Å². The second-order valence-corrected chi connectivity index (χ2v) is 5.09. The fourth-order valence-corrected chi connectivity index (χ4v) is 2.30. The lowest BCUT2D eigenvalue weighted by Gasteiger charge is -2.13. The maximum atomic E-state index is 6.07. The predicted molar refractivity (Wildman–Crippen MR) is 78.6 cm³/mol. The van der Waals surface area contributed by atoms with Crippen molar-refractivity contribution >= 4 is 17.4 Å². The molecule has 0 spiro atoms. The third kappa shape index (κ3) is 3.18. The van der Waals surface area contributed by atoms with Crippen molar-refractivity contribution in [3.63, 3.8) is 0 Å². The van der Waals surface area contributed by atoms with Crippen molar-refractivity contribution in [1.82, 2.24) is 4.98 Å². The van der Waals surface area contributed by atoms with Crippen LogP contribution in [0.2, 0.25) is 5.02 Å². The molecule has 100 valence electrons. The van der Waals surface area contributed by atoms with Gasteiger partial charge in [0.15, 0.2) is 0 Å². The lowest BCUT2D eigenvalue weighted by atomic mass is 10.1. The highest BCUT2D eigenvalue weighted by Gasteiger charge is 2.08. The average molecular weight is 277 g/mol. The topological polar surface area (TPSA) is 48.1 Å². The molecular weight excluding hydrogens is 260 g/mol. The first-order chi connectivity index (χ1) is 8.97. The summed E-state index contributed by atoms with van der Waals surface area (Å²) in [6, 6.07) is 7.60. The molecule has 0 amide bonds. The lowest BCUT2D eigenvalue weighted by molar-refractivity contribution is 0.297. The van der Waals surface area contributed by atoms with E-state index in [2.05, 4.69) is 24.0 Å². The van der Waals surface area contributed by atoms with Crippen molar-refractivity contribution in [2.45, 2.75) is 27.4 Å². The van der Waals surface area contributed by atoms with Gasteiger partial charge in [0.05, 0.1) is 10.7 Å². The van der Waals surface area contributed by atoms with Gasteiger partial charge >= 0.3 is 0 Å². The van der Waals surface area contributed by atoms with Crippen molar-refractivity contribution in [3.8, 4) is 5.75 Å². The highest BCUT2D eigenvalue weighted by molar-refractivity contribution is 6.31. The van der Waals surface area contributed by atoms with Crippen LogP contribution >= 0.6 is 11.6 Å². The second kappa shape index (κ2) is 5.49. The minimum atomic E-state index is 0.314. The Balaban J connectivity index is 2.21. The van der Waals surface area contributed by atoms with Crippen molar-refractivity contribution in [2.75, 3.05) is 5.73 Å². The molecule has 0 saturated heterocycles. The van der Waals surface area contributed by atoms with Crippen LogP contribution in [-0.4, -0.2) is 4.98 Å². The maximum Gasteiger partial charge on any atom is 0.132 e. The number of benzene rings is 1. The van der Waals surface area contributed by atoms with Crippen LogP contribution in [0, 0.1) is 20.8 Å². The molecular formula is C15H17ClN2O. The molecule has 0 aliphatic heterocycles. The monoisotopic (exact) mass is 276 g/mol. The van der Waals surface area contributed by atoms with E-state index >= 15 is 0 Å². The summed E-state index contributed by atoms with van der Waals surface area (Å²) >= 11 is 6.07. The summed E-state index contributed by atoms with van der Waals surface area (Å²) in [5.41, 5.74) is 9.75. The first-order valence-corrected chi connectivity index (χ1v) is 6.46. The number of anilines is 1. The minimum absolute atomic E-state index is 0.314. The normalized spacial score (nSPS) is 10.5. The summed E-state index contributed by atoms with van der Waals surface area (Å²) in [7, 11) is 0. The van der Waals surface area contributed by atoms with E-state index in [0.717, 1.165) is 16.9 Å². The Kier molecular flexibility index (Phi) is 3.96. The van der Waals surface area contributed by atoms with Gasteiger partial charge < -0.3 is 10.5 Å². The van der Waals surface area contributed by atoms with E-state index in [-0.39, 0.29) is 0 Å². The molecule has 0 unspecified atom stereocenters. The summed E-state index contributed by atoms with van der Waals surface area (Å²) in [6.07, 6.45) is 0. The van der Waals surface area contributed by atoms with Gasteiger partial charge in [-0.3, -0.25) is 0 Å². The molecule has 2 N–H and O–H groups in total. The largest absolute Gasteiger partial charge is 0.487 e. The zero-order valence-corrected chi connectivity index (χ0v) is 12.1. The number of hydrogen-bond acceptors (Lipinski definition) is 3. The molecule has 0 fully saturated rings. The maximum absolute atomic E-state index is 6.07. The first kappa shape index (κ1) is 13.7. The summed E-state index contributed by atoms with van der Waals surface area (Å²) in [6.45, 7) is 6.45. The quantitative estimate of drug-likeness (QED) is 0.927. The van der Waals surface area contributed by atoms with Crippen LogP contribution < -0.4 is 10.5 Å². The number of rotatable bonds is 3. The first-order valence-electron chi connectivity index (χ1n) is 6.09. The van der Waals surface area contributed by atoms with Gasteiger partial charge in [0.25, 0.3) is 0 Å². The number of pyridine rings is 1. The van der Waals surface area contributed by atoms with Crippen LogP contribution in [0.5, 0.6) is 5.75 Å². The van der Waals surface area contributed by atoms with E-state index in [1.807, 2.05) is 13.8 Å². The molecule has 2 aromatic rings. The molecule has 1 aromatic heterocycles. The number of nitrogens with two attached hydrogens (primary N) is 1. The van der Waals surface area contributed by atoms with Crippen molar-refractivity contribution in [3.05, 3.63) is 51.7 Å². The van der Waals surface area contributed by atoms with Crippen LogP contribution in [0.15, 0.2) is 24.3 Å². The summed E-state index contributed by atoms with van der Waals surface area (Å²) in [4.78, 5) is 4.19. The summed E-state index contributed by atoms with van der Waals surface area (Å²) in [5.74, 6) is 1.33. The number of nitrogens with zero attached hydrogens (tertiary/aromatic N) is 1. The van der Waals surface area contributed by atoms with E-state index in [4.69, 9.17) is 22.1 Å². The zero-order chi connectivity index (χ0) is 14.0. The van der Waals surface area contributed by atoms with Gasteiger partial charge in [-0.2, -0.15) is 0 Å². The highest BCUT2D eigenvalue weighted by atomic mass is 35.5. The summed E-state index contributed by atoms with van der Waals surface area (Å²) < 4.78 is 5.84. The summed E-state index contributed by atoms with van der Waals surface area (Å²) in [5, 5.41) is 0.566. The Morgan fingerprint density at radius 2 is 1.79 bits per heavy atom. The van der Waals surface area contributed by atoms with Gasteiger partial charge in [0.1, 0.15) is 18.2 Å². The predicted octanol–water partition coefficient (Wildman–Crippen LogP) is 3.82. The lowest BCUT2D eigenvalue weighted by Crippen LogP contribution is -2.03. The number of aryl methyl sites for hydroxylation is 3. The highest BCUT2D eigenvalue weighted by Crippen LogP contribution is 2.26. The van der Waals surface area contributed by atoms with E-state index < -0.39 is 0 Å². The smallest absolute Gasteiger partial charge is 0.132 e. The SMILES string of the molecule is Cc1cc(C)c(OCc2nc(N)ccc2Cl)c(C)c1. The minimum Gasteiger partial charge on any atom is -0.487 e. The fourth-order valence-electron chi connectivity index (χ4n) is 2.14. The Labute approximate surface area is 118 Å². The van der Waals surface area contributed by atoms with Crippen molar-refractivity contribution < 1.29 is 4.74 Å². The molecule has 1 aromatic carbocycles. The van der Waals surface area contributed by atoms with Gasteiger partial charge in [0.2, 0.25) is 0 Å². The number of ether oxygens (including phenoxy) is 1. The van der Waals surface area contributed by atoms with Crippen LogP contribution in [0.25, 0.3) is 0 Å². The number of nitrogen functional groups attached to an aromatic ring is 1. The third-order valence-corrected chi connectivity index (χ3v) is 3.24. The van der Waals surface area contributed by atoms with E-state index in [9.17, 15) is 0 Å². The molecule has 4 heteroatoms. The molecule has 1 heterocycles. The van der Waals surface area contributed by atoms with E-state index in [1.165, 1.54) is 5.56 Å². The number of halogens is 1. The zero-order valence-electron chi connectivity index (χ0n) is 11.3. The van der Waals surface area contributed by atoms with Crippen LogP contribution in [0.4, 0.5) is 5.82 Å². The van der Waals surface area contributed by atoms with Gasteiger partial charge in [-0.25, -0.2) is 4.98 Å². The average Bonchev–Trinajstić information content (AvgIpc) is 2.32.